The molecule has 0 radical (unpaired) electrons. The van der Waals surface area contributed by atoms with Crippen LogP contribution in [0.4, 0.5) is 0 Å². The molecule has 33 heavy (non-hydrogen) atoms. The molecular formula is C24H29N3O4S2. The third-order valence-electron chi connectivity index (χ3n) is 6.18. The van der Waals surface area contributed by atoms with Gasteiger partial charge in [-0.25, -0.2) is 13.4 Å². The molecule has 2 aromatic carbocycles. The normalized spacial score (nSPS) is 15.3. The molecule has 0 N–H and O–H groups in total. The maximum Gasteiger partial charge on any atom is 0.253 e. The molecule has 7 nitrogen and oxygen atoms in total. The van der Waals surface area contributed by atoms with E-state index in [1.165, 1.54) is 22.2 Å². The number of amides is 1. The van der Waals surface area contributed by atoms with E-state index in [4.69, 9.17) is 9.72 Å². The molecule has 1 aliphatic rings. The van der Waals surface area contributed by atoms with Crippen LogP contribution in [0.15, 0.2) is 47.4 Å². The molecule has 0 unspecified atom stereocenters. The Morgan fingerprint density at radius 3 is 2.48 bits per heavy atom. The summed E-state index contributed by atoms with van der Waals surface area (Å²) in [5, 5.41) is 1.13. The molecule has 0 spiro atoms. The van der Waals surface area contributed by atoms with Crippen LogP contribution in [0.3, 0.4) is 0 Å². The van der Waals surface area contributed by atoms with Crippen molar-refractivity contribution in [1.82, 2.24) is 14.2 Å². The molecule has 1 amide bonds. The van der Waals surface area contributed by atoms with E-state index in [1.54, 1.807) is 42.2 Å². The molecule has 1 fully saturated rings. The first kappa shape index (κ1) is 23.7. The van der Waals surface area contributed by atoms with Crippen molar-refractivity contribution in [2.45, 2.75) is 37.5 Å². The number of carbonyl (C=O) groups is 1. The highest BCUT2D eigenvalue weighted by molar-refractivity contribution is 7.89. The Morgan fingerprint density at radius 1 is 1.15 bits per heavy atom. The number of carbonyl (C=O) groups excluding carboxylic acids is 1. The number of ether oxygens (including phenoxy) is 1. The summed E-state index contributed by atoms with van der Waals surface area (Å²) in [6.45, 7) is 5.50. The summed E-state index contributed by atoms with van der Waals surface area (Å²) in [6.07, 6.45) is 1.68. The second-order valence-corrected chi connectivity index (χ2v) is 11.0. The predicted octanol–water partition coefficient (Wildman–Crippen LogP) is 4.36. The summed E-state index contributed by atoms with van der Waals surface area (Å²) in [5.41, 5.74) is 1.39. The van der Waals surface area contributed by atoms with Crippen LogP contribution in [-0.4, -0.2) is 61.8 Å². The highest BCUT2D eigenvalue weighted by Crippen LogP contribution is 2.34. The summed E-state index contributed by atoms with van der Waals surface area (Å²) >= 11 is 1.73. The molecule has 4 rings (SSSR count). The highest BCUT2D eigenvalue weighted by atomic mass is 32.2. The number of methoxy groups -OCH3 is 1. The monoisotopic (exact) mass is 487 g/mol. The van der Waals surface area contributed by atoms with E-state index < -0.39 is 10.0 Å². The summed E-state index contributed by atoms with van der Waals surface area (Å²) < 4.78 is 34.1. The van der Waals surface area contributed by atoms with Gasteiger partial charge in [0.2, 0.25) is 10.0 Å². The molecule has 2 heterocycles. The van der Waals surface area contributed by atoms with Crippen molar-refractivity contribution >= 4 is 37.5 Å². The second-order valence-electron chi connectivity index (χ2n) is 8.04. The van der Waals surface area contributed by atoms with Crippen LogP contribution >= 0.6 is 11.3 Å². The van der Waals surface area contributed by atoms with Crippen molar-refractivity contribution in [3.8, 4) is 5.75 Å². The van der Waals surface area contributed by atoms with Crippen molar-refractivity contribution in [1.29, 1.82) is 0 Å². The first-order valence-corrected chi connectivity index (χ1v) is 13.5. The molecule has 176 valence electrons. The third kappa shape index (κ3) is 4.62. The lowest BCUT2D eigenvalue weighted by molar-refractivity contribution is 0.0712. The van der Waals surface area contributed by atoms with Crippen LogP contribution in [0.2, 0.25) is 0 Å². The van der Waals surface area contributed by atoms with Gasteiger partial charge in [0.25, 0.3) is 5.91 Å². The zero-order valence-electron chi connectivity index (χ0n) is 19.2. The number of benzene rings is 2. The van der Waals surface area contributed by atoms with Gasteiger partial charge in [0.15, 0.2) is 0 Å². The van der Waals surface area contributed by atoms with Gasteiger partial charge in [0, 0.05) is 37.7 Å². The molecule has 3 aromatic rings. The lowest BCUT2D eigenvalue weighted by Crippen LogP contribution is -2.38. The van der Waals surface area contributed by atoms with Crippen molar-refractivity contribution in [2.24, 2.45) is 0 Å². The van der Waals surface area contributed by atoms with E-state index in [9.17, 15) is 13.2 Å². The fourth-order valence-electron chi connectivity index (χ4n) is 4.29. The van der Waals surface area contributed by atoms with E-state index in [1.807, 2.05) is 18.2 Å². The molecular weight excluding hydrogens is 458 g/mol. The van der Waals surface area contributed by atoms with Gasteiger partial charge in [0.1, 0.15) is 10.6 Å². The Kier molecular flexibility index (Phi) is 7.02. The number of para-hydroxylation sites is 1. The first-order chi connectivity index (χ1) is 15.9. The van der Waals surface area contributed by atoms with Crippen molar-refractivity contribution < 1.29 is 17.9 Å². The van der Waals surface area contributed by atoms with Gasteiger partial charge in [0.05, 0.1) is 22.3 Å². The topological polar surface area (TPSA) is 79.8 Å². The lowest BCUT2D eigenvalue weighted by Gasteiger charge is -2.31. The average molecular weight is 488 g/mol. The van der Waals surface area contributed by atoms with Crippen LogP contribution < -0.4 is 4.74 Å². The zero-order chi connectivity index (χ0) is 23.6. The number of hydrogen-bond donors (Lipinski definition) is 0. The fourth-order valence-corrected chi connectivity index (χ4v) is 7.07. The van der Waals surface area contributed by atoms with Gasteiger partial charge in [-0.1, -0.05) is 26.0 Å². The van der Waals surface area contributed by atoms with Crippen molar-refractivity contribution in [3.05, 3.63) is 53.0 Å². The number of hydrogen-bond acceptors (Lipinski definition) is 6. The molecule has 0 atom stereocenters. The number of rotatable bonds is 7. The maximum atomic E-state index is 13.2. The van der Waals surface area contributed by atoms with E-state index in [-0.39, 0.29) is 16.6 Å². The Labute approximate surface area is 199 Å². The van der Waals surface area contributed by atoms with Crippen LogP contribution in [0.25, 0.3) is 10.2 Å². The second kappa shape index (κ2) is 9.79. The molecule has 9 heteroatoms. The van der Waals surface area contributed by atoms with Gasteiger partial charge < -0.3 is 9.64 Å². The van der Waals surface area contributed by atoms with Gasteiger partial charge in [-0.05, 0) is 43.2 Å². The fraction of sp³-hybridized carbons (Fsp3) is 0.417. The summed E-state index contributed by atoms with van der Waals surface area (Å²) in [5.74, 6) is 0.422. The minimum atomic E-state index is -3.76. The maximum absolute atomic E-state index is 13.2. The van der Waals surface area contributed by atoms with E-state index in [2.05, 4.69) is 6.07 Å². The van der Waals surface area contributed by atoms with Crippen molar-refractivity contribution in [3.63, 3.8) is 0 Å². The summed E-state index contributed by atoms with van der Waals surface area (Å²) in [7, 11) is -2.32. The van der Waals surface area contributed by atoms with Crippen LogP contribution in [0.1, 0.15) is 48.0 Å². The third-order valence-corrected chi connectivity index (χ3v) is 9.45. The lowest BCUT2D eigenvalue weighted by atomic mass is 9.97. The quantitative estimate of drug-likeness (QED) is 0.495. The summed E-state index contributed by atoms with van der Waals surface area (Å²) in [4.78, 5) is 19.9. The largest absolute Gasteiger partial charge is 0.495 e. The number of thiazole rings is 1. The molecule has 0 bridgehead atoms. The van der Waals surface area contributed by atoms with Gasteiger partial charge in [-0.2, -0.15) is 4.31 Å². The van der Waals surface area contributed by atoms with E-state index >= 15 is 0 Å². The molecule has 1 aliphatic heterocycles. The molecule has 1 saturated heterocycles. The standard InChI is InChI=1S/C24H29N3O4S2/c1-4-27(5-2)33(29,30)22-16-18(10-11-20(22)31-3)24(28)26-14-12-17(13-15-26)23-25-19-8-6-7-9-21(19)32-23/h6-11,16-17H,4-5,12-15H2,1-3H3. The SMILES string of the molecule is CCN(CC)S(=O)(=O)c1cc(C(=O)N2CCC(c3nc4ccccc4s3)CC2)ccc1OC. The van der Waals surface area contributed by atoms with Gasteiger partial charge >= 0.3 is 0 Å². The van der Waals surface area contributed by atoms with Gasteiger partial charge in [-0.15, -0.1) is 11.3 Å². The first-order valence-electron chi connectivity index (χ1n) is 11.2. The molecule has 0 saturated carbocycles. The number of aromatic nitrogens is 1. The smallest absolute Gasteiger partial charge is 0.253 e. The Balaban J connectivity index is 1.51. The van der Waals surface area contributed by atoms with E-state index in [0.29, 0.717) is 37.7 Å². The average Bonchev–Trinajstić information content (AvgIpc) is 3.28. The Bertz CT molecular complexity index is 1210. The summed E-state index contributed by atoms with van der Waals surface area (Å²) in [6, 6.07) is 12.8. The molecule has 1 aromatic heterocycles. The zero-order valence-corrected chi connectivity index (χ0v) is 20.8. The number of sulfonamides is 1. The minimum absolute atomic E-state index is 0.0314. The number of nitrogens with zero attached hydrogens (tertiary/aromatic N) is 3. The van der Waals surface area contributed by atoms with Crippen molar-refractivity contribution in [2.75, 3.05) is 33.3 Å². The van der Waals surface area contributed by atoms with Gasteiger partial charge in [-0.3, -0.25) is 4.79 Å². The Morgan fingerprint density at radius 2 is 1.85 bits per heavy atom. The number of fused-ring (bicyclic) bond motifs is 1. The van der Waals surface area contributed by atoms with Crippen LogP contribution in [-0.2, 0) is 10.0 Å². The minimum Gasteiger partial charge on any atom is -0.495 e. The van der Waals surface area contributed by atoms with Crippen LogP contribution in [0, 0.1) is 0 Å². The predicted molar refractivity (Wildman–Crippen MR) is 131 cm³/mol. The van der Waals surface area contributed by atoms with E-state index in [0.717, 1.165) is 23.4 Å². The number of piperidine rings is 1. The number of likely N-dealkylation sites (tertiary alicyclic amines) is 1. The Hall–Kier alpha value is -2.49. The highest BCUT2D eigenvalue weighted by Gasteiger charge is 2.30. The van der Waals surface area contributed by atoms with Crippen LogP contribution in [0.5, 0.6) is 5.75 Å². The molecule has 0 aliphatic carbocycles.